The number of carbonyl (C=O) groups is 1. The van der Waals surface area contributed by atoms with Crippen molar-refractivity contribution in [2.75, 3.05) is 26.2 Å². The molecule has 0 spiro atoms. The highest BCUT2D eigenvalue weighted by Crippen LogP contribution is 2.19. The Morgan fingerprint density at radius 3 is 2.50 bits per heavy atom. The number of ether oxygens (including phenoxy) is 1. The molecular weight excluding hydrogens is 338 g/mol. The quantitative estimate of drug-likeness (QED) is 0.516. The fraction of sp³-hybridized carbons (Fsp3) is 0.389. The van der Waals surface area contributed by atoms with Crippen LogP contribution in [-0.2, 0) is 6.61 Å². The molecule has 0 aliphatic rings. The van der Waals surface area contributed by atoms with Gasteiger partial charge in [0.1, 0.15) is 18.1 Å². The zero-order valence-electron chi connectivity index (χ0n) is 14.9. The van der Waals surface area contributed by atoms with Gasteiger partial charge in [-0.2, -0.15) is 0 Å². The Morgan fingerprint density at radius 1 is 1.19 bits per heavy atom. The van der Waals surface area contributed by atoms with Crippen molar-refractivity contribution in [3.8, 4) is 5.75 Å². The molecule has 0 atom stereocenters. The van der Waals surface area contributed by atoms with Crippen molar-refractivity contribution in [1.29, 1.82) is 0 Å². The zero-order valence-corrected chi connectivity index (χ0v) is 14.9. The number of amides is 1. The van der Waals surface area contributed by atoms with E-state index in [0.717, 1.165) is 19.6 Å². The maximum Gasteiger partial charge on any atom is 0.287 e. The largest absolute Gasteiger partial charge is 0.486 e. The van der Waals surface area contributed by atoms with Gasteiger partial charge in [-0.05, 0) is 37.4 Å². The fourth-order valence-electron chi connectivity index (χ4n) is 2.35. The average Bonchev–Trinajstić information content (AvgIpc) is 3.13. The number of carbonyl (C=O) groups excluding carboxylic acids is 1. The third kappa shape index (κ3) is 5.59. The summed E-state index contributed by atoms with van der Waals surface area (Å²) < 4.78 is 11.0. The first-order valence-electron chi connectivity index (χ1n) is 8.50. The minimum absolute atomic E-state index is 0.000910. The van der Waals surface area contributed by atoms with Crippen molar-refractivity contribution in [3.05, 3.63) is 58.0 Å². The molecule has 0 unspecified atom stereocenters. The minimum atomic E-state index is -0.471. The molecule has 1 aromatic heterocycles. The number of nitrogens with one attached hydrogen (secondary N) is 1. The lowest BCUT2D eigenvalue weighted by Gasteiger charge is -2.17. The van der Waals surface area contributed by atoms with Gasteiger partial charge in [-0.25, -0.2) is 0 Å². The van der Waals surface area contributed by atoms with E-state index in [4.69, 9.17) is 9.15 Å². The number of likely N-dealkylation sites (N-methyl/N-ethyl adjacent to an activating group) is 1. The Labute approximate surface area is 151 Å². The molecule has 8 nitrogen and oxygen atoms in total. The number of rotatable bonds is 10. The second-order valence-electron chi connectivity index (χ2n) is 5.59. The standard InChI is InChI=1S/C18H23N3O5/c1-3-20(4-2)12-11-19-18(22)17-10-9-16(26-17)13-25-15-7-5-14(6-8-15)21(23)24/h5-10H,3-4,11-13H2,1-2H3,(H,19,22). The van der Waals surface area contributed by atoms with Gasteiger partial charge in [-0.3, -0.25) is 14.9 Å². The van der Waals surface area contributed by atoms with E-state index in [1.54, 1.807) is 12.1 Å². The van der Waals surface area contributed by atoms with Crippen LogP contribution in [0.25, 0.3) is 0 Å². The van der Waals surface area contributed by atoms with Crippen molar-refractivity contribution in [2.45, 2.75) is 20.5 Å². The van der Waals surface area contributed by atoms with Gasteiger partial charge in [0.05, 0.1) is 4.92 Å². The van der Waals surface area contributed by atoms with Crippen LogP contribution in [0.5, 0.6) is 5.75 Å². The van der Waals surface area contributed by atoms with Gasteiger partial charge in [0.25, 0.3) is 11.6 Å². The number of hydrogen-bond acceptors (Lipinski definition) is 6. The zero-order chi connectivity index (χ0) is 18.9. The summed E-state index contributed by atoms with van der Waals surface area (Å²) in [5.41, 5.74) is -0.000910. The summed E-state index contributed by atoms with van der Waals surface area (Å²) in [6.45, 7) is 7.51. The van der Waals surface area contributed by atoms with Crippen LogP contribution in [0, 0.1) is 10.1 Å². The van der Waals surface area contributed by atoms with E-state index in [9.17, 15) is 14.9 Å². The highest BCUT2D eigenvalue weighted by molar-refractivity contribution is 5.91. The molecular formula is C18H23N3O5. The van der Waals surface area contributed by atoms with E-state index in [2.05, 4.69) is 24.1 Å². The van der Waals surface area contributed by atoms with E-state index >= 15 is 0 Å². The van der Waals surface area contributed by atoms with Gasteiger partial charge >= 0.3 is 0 Å². The first-order chi connectivity index (χ1) is 12.5. The number of nitro groups is 1. The fourth-order valence-corrected chi connectivity index (χ4v) is 2.35. The summed E-state index contributed by atoms with van der Waals surface area (Å²) in [5.74, 6) is 0.944. The molecule has 0 fully saturated rings. The Morgan fingerprint density at radius 2 is 1.88 bits per heavy atom. The number of hydrogen-bond donors (Lipinski definition) is 1. The van der Waals surface area contributed by atoms with E-state index in [0.29, 0.717) is 18.1 Å². The van der Waals surface area contributed by atoms with E-state index in [1.807, 2.05) is 0 Å². The minimum Gasteiger partial charge on any atom is -0.486 e. The molecule has 0 saturated carbocycles. The van der Waals surface area contributed by atoms with E-state index < -0.39 is 4.92 Å². The van der Waals surface area contributed by atoms with Crippen LogP contribution in [0.15, 0.2) is 40.8 Å². The van der Waals surface area contributed by atoms with Gasteiger partial charge in [-0.15, -0.1) is 0 Å². The molecule has 0 aliphatic carbocycles. The molecule has 1 heterocycles. The number of nitrogens with zero attached hydrogens (tertiary/aromatic N) is 2. The molecule has 0 radical (unpaired) electrons. The van der Waals surface area contributed by atoms with Crippen molar-refractivity contribution in [1.82, 2.24) is 10.2 Å². The van der Waals surface area contributed by atoms with Crippen LogP contribution >= 0.6 is 0 Å². The molecule has 140 valence electrons. The van der Waals surface area contributed by atoms with Crippen LogP contribution in [0.4, 0.5) is 5.69 Å². The van der Waals surface area contributed by atoms with Crippen molar-refractivity contribution in [3.63, 3.8) is 0 Å². The monoisotopic (exact) mass is 361 g/mol. The second kappa shape index (κ2) is 9.57. The molecule has 1 aromatic carbocycles. The molecule has 26 heavy (non-hydrogen) atoms. The number of furan rings is 1. The topological polar surface area (TPSA) is 97.9 Å². The first-order valence-corrected chi connectivity index (χ1v) is 8.50. The molecule has 2 aromatic rings. The molecule has 0 aliphatic heterocycles. The molecule has 8 heteroatoms. The summed E-state index contributed by atoms with van der Waals surface area (Å²) >= 11 is 0. The van der Waals surface area contributed by atoms with Crippen LogP contribution in [0.1, 0.15) is 30.2 Å². The number of nitro benzene ring substituents is 1. The molecule has 0 saturated heterocycles. The molecule has 2 rings (SSSR count). The Hall–Kier alpha value is -2.87. The maximum absolute atomic E-state index is 12.1. The third-order valence-electron chi connectivity index (χ3n) is 3.92. The van der Waals surface area contributed by atoms with Crippen molar-refractivity contribution >= 4 is 11.6 Å². The van der Waals surface area contributed by atoms with E-state index in [1.165, 1.54) is 24.3 Å². The van der Waals surface area contributed by atoms with Crippen LogP contribution in [0.3, 0.4) is 0 Å². The highest BCUT2D eigenvalue weighted by Gasteiger charge is 2.12. The molecule has 1 N–H and O–H groups in total. The van der Waals surface area contributed by atoms with Gasteiger partial charge in [0.15, 0.2) is 5.76 Å². The maximum atomic E-state index is 12.1. The van der Waals surface area contributed by atoms with Crippen LogP contribution in [-0.4, -0.2) is 41.9 Å². The first kappa shape index (κ1) is 19.5. The second-order valence-corrected chi connectivity index (χ2v) is 5.59. The Kier molecular flexibility index (Phi) is 7.16. The van der Waals surface area contributed by atoms with E-state index in [-0.39, 0.29) is 24.0 Å². The lowest BCUT2D eigenvalue weighted by molar-refractivity contribution is -0.384. The summed E-state index contributed by atoms with van der Waals surface area (Å²) in [4.78, 5) is 24.4. The number of benzene rings is 1. The van der Waals surface area contributed by atoms with Gasteiger partial charge < -0.3 is 19.4 Å². The third-order valence-corrected chi connectivity index (χ3v) is 3.92. The summed E-state index contributed by atoms with van der Waals surface area (Å²) in [5, 5.41) is 13.4. The predicted octanol–water partition coefficient (Wildman–Crippen LogP) is 2.84. The molecule has 1 amide bonds. The normalized spacial score (nSPS) is 10.7. The molecule has 0 bridgehead atoms. The lowest BCUT2D eigenvalue weighted by Crippen LogP contribution is -2.34. The van der Waals surface area contributed by atoms with Gasteiger partial charge in [0.2, 0.25) is 0 Å². The Balaban J connectivity index is 1.81. The smallest absolute Gasteiger partial charge is 0.287 e. The van der Waals surface area contributed by atoms with Crippen LogP contribution < -0.4 is 10.1 Å². The summed E-state index contributed by atoms with van der Waals surface area (Å²) in [7, 11) is 0. The summed E-state index contributed by atoms with van der Waals surface area (Å²) in [6.07, 6.45) is 0. The lowest BCUT2D eigenvalue weighted by atomic mass is 10.3. The highest BCUT2D eigenvalue weighted by atomic mass is 16.6. The average molecular weight is 361 g/mol. The van der Waals surface area contributed by atoms with Crippen molar-refractivity contribution < 1.29 is 18.9 Å². The number of non-ortho nitro benzene ring substituents is 1. The SMILES string of the molecule is CCN(CC)CCNC(=O)c1ccc(COc2ccc([N+](=O)[O-])cc2)o1. The van der Waals surface area contributed by atoms with Crippen molar-refractivity contribution in [2.24, 2.45) is 0 Å². The van der Waals surface area contributed by atoms with Gasteiger partial charge in [0, 0.05) is 25.2 Å². The Bertz CT molecular complexity index is 723. The summed E-state index contributed by atoms with van der Waals surface area (Å²) in [6, 6.07) is 9.04. The van der Waals surface area contributed by atoms with Gasteiger partial charge in [-0.1, -0.05) is 13.8 Å². The predicted molar refractivity (Wildman–Crippen MR) is 96.3 cm³/mol. The van der Waals surface area contributed by atoms with Crippen LogP contribution in [0.2, 0.25) is 0 Å².